The summed E-state index contributed by atoms with van der Waals surface area (Å²) in [6.07, 6.45) is 1.39. The molecule has 0 aliphatic heterocycles. The van der Waals surface area contributed by atoms with Crippen molar-refractivity contribution in [3.8, 4) is 5.75 Å². The van der Waals surface area contributed by atoms with Crippen LogP contribution in [0.1, 0.15) is 11.1 Å². The first kappa shape index (κ1) is 15.7. The minimum Gasteiger partial charge on any atom is -0.488 e. The van der Waals surface area contributed by atoms with E-state index in [0.717, 1.165) is 5.56 Å². The van der Waals surface area contributed by atoms with Gasteiger partial charge in [0.15, 0.2) is 0 Å². The molecule has 3 rings (SSSR count). The molecule has 0 saturated heterocycles. The van der Waals surface area contributed by atoms with E-state index in [1.165, 1.54) is 12.1 Å². The highest BCUT2D eigenvalue weighted by Gasteiger charge is 2.17. The van der Waals surface area contributed by atoms with E-state index in [4.69, 9.17) is 10.5 Å². The SMILES string of the molecule is NC(=O)C(=O)Cc1c[nH]c2cc(F)cc(OCc3ccccc3)c12. The summed E-state index contributed by atoms with van der Waals surface area (Å²) in [6.45, 7) is 0.258. The molecule has 0 spiro atoms. The number of ether oxygens (including phenoxy) is 1. The highest BCUT2D eigenvalue weighted by Crippen LogP contribution is 2.31. The Morgan fingerprint density at radius 1 is 1.17 bits per heavy atom. The van der Waals surface area contributed by atoms with Crippen LogP contribution in [0.3, 0.4) is 0 Å². The Bertz CT molecular complexity index is 903. The first-order valence-corrected chi connectivity index (χ1v) is 7.33. The van der Waals surface area contributed by atoms with Gasteiger partial charge in [0.05, 0.1) is 5.52 Å². The number of aromatic nitrogens is 1. The van der Waals surface area contributed by atoms with Gasteiger partial charge in [-0.3, -0.25) is 9.59 Å². The third-order valence-electron chi connectivity index (χ3n) is 3.65. The molecule has 3 N–H and O–H groups in total. The summed E-state index contributed by atoms with van der Waals surface area (Å²) in [7, 11) is 0. The number of benzene rings is 2. The number of nitrogens with two attached hydrogens (primary N) is 1. The third-order valence-corrected chi connectivity index (χ3v) is 3.65. The molecule has 2 aromatic carbocycles. The van der Waals surface area contributed by atoms with Gasteiger partial charge in [0.25, 0.3) is 5.91 Å². The molecule has 1 heterocycles. The number of nitrogens with one attached hydrogen (secondary N) is 1. The smallest absolute Gasteiger partial charge is 0.285 e. The fourth-order valence-corrected chi connectivity index (χ4v) is 2.51. The number of hydrogen-bond acceptors (Lipinski definition) is 3. The van der Waals surface area contributed by atoms with Gasteiger partial charge < -0.3 is 15.5 Å². The molecule has 0 aliphatic carbocycles. The molecule has 5 nitrogen and oxygen atoms in total. The Hall–Kier alpha value is -3.15. The van der Waals surface area contributed by atoms with Gasteiger partial charge in [-0.2, -0.15) is 0 Å². The topological polar surface area (TPSA) is 85.2 Å². The Morgan fingerprint density at radius 2 is 1.92 bits per heavy atom. The van der Waals surface area contributed by atoms with E-state index in [9.17, 15) is 14.0 Å². The largest absolute Gasteiger partial charge is 0.488 e. The zero-order chi connectivity index (χ0) is 17.1. The van der Waals surface area contributed by atoms with Gasteiger partial charge in [0.2, 0.25) is 5.78 Å². The van der Waals surface area contributed by atoms with Gasteiger partial charge in [-0.25, -0.2) is 4.39 Å². The average Bonchev–Trinajstić information content (AvgIpc) is 2.96. The molecule has 24 heavy (non-hydrogen) atoms. The van der Waals surface area contributed by atoms with Gasteiger partial charge in [-0.05, 0) is 17.2 Å². The maximum atomic E-state index is 13.8. The van der Waals surface area contributed by atoms with Gasteiger partial charge in [-0.15, -0.1) is 0 Å². The van der Waals surface area contributed by atoms with Crippen LogP contribution < -0.4 is 10.5 Å². The summed E-state index contributed by atoms with van der Waals surface area (Å²) in [4.78, 5) is 25.5. The fourth-order valence-electron chi connectivity index (χ4n) is 2.51. The maximum absolute atomic E-state index is 13.8. The summed E-state index contributed by atoms with van der Waals surface area (Å²) in [5.74, 6) is -1.87. The Balaban J connectivity index is 1.94. The molecule has 1 aromatic heterocycles. The molecule has 0 saturated carbocycles. The number of ketones is 1. The number of fused-ring (bicyclic) bond motifs is 1. The number of carbonyl (C=O) groups is 2. The van der Waals surface area contributed by atoms with Crippen molar-refractivity contribution >= 4 is 22.6 Å². The van der Waals surface area contributed by atoms with Gasteiger partial charge in [0.1, 0.15) is 18.2 Å². The summed E-state index contributed by atoms with van der Waals surface area (Å²) >= 11 is 0. The number of primary amides is 1. The van der Waals surface area contributed by atoms with Gasteiger partial charge in [0, 0.05) is 24.1 Å². The van der Waals surface area contributed by atoms with Crippen LogP contribution in [0.15, 0.2) is 48.7 Å². The van der Waals surface area contributed by atoms with Crippen LogP contribution in [-0.2, 0) is 22.6 Å². The molecule has 0 fully saturated rings. The second-order valence-corrected chi connectivity index (χ2v) is 5.38. The van der Waals surface area contributed by atoms with Crippen molar-refractivity contribution in [2.45, 2.75) is 13.0 Å². The summed E-state index contributed by atoms with van der Waals surface area (Å²) in [5.41, 5.74) is 6.96. The first-order valence-electron chi connectivity index (χ1n) is 7.33. The standard InChI is InChI=1S/C18H15FN2O3/c19-13-7-14-17(12(9-21-14)6-15(22)18(20)23)16(8-13)24-10-11-4-2-1-3-5-11/h1-5,7-9,21H,6,10H2,(H2,20,23). The highest BCUT2D eigenvalue weighted by molar-refractivity contribution is 6.36. The lowest BCUT2D eigenvalue weighted by atomic mass is 10.1. The van der Waals surface area contributed by atoms with Crippen LogP contribution >= 0.6 is 0 Å². The summed E-state index contributed by atoms with van der Waals surface area (Å²) in [5, 5.41) is 0.571. The Morgan fingerprint density at radius 3 is 2.62 bits per heavy atom. The van der Waals surface area contributed by atoms with Crippen molar-refractivity contribution in [2.75, 3.05) is 0 Å². The second-order valence-electron chi connectivity index (χ2n) is 5.38. The molecular weight excluding hydrogens is 311 g/mol. The van der Waals surface area contributed by atoms with Crippen molar-refractivity contribution in [3.63, 3.8) is 0 Å². The molecule has 122 valence electrons. The fraction of sp³-hybridized carbons (Fsp3) is 0.111. The average molecular weight is 326 g/mol. The number of Topliss-reactive ketones (excluding diaryl/α,β-unsaturated/α-hetero) is 1. The van der Waals surface area contributed by atoms with Crippen LogP contribution in [-0.4, -0.2) is 16.7 Å². The zero-order valence-corrected chi connectivity index (χ0v) is 12.7. The molecule has 0 aliphatic rings. The van der Waals surface area contributed by atoms with Gasteiger partial charge in [-0.1, -0.05) is 30.3 Å². The van der Waals surface area contributed by atoms with Crippen molar-refractivity contribution in [1.82, 2.24) is 4.98 Å². The van der Waals surface area contributed by atoms with Crippen LogP contribution in [0.4, 0.5) is 4.39 Å². The maximum Gasteiger partial charge on any atom is 0.285 e. The Labute approximate surface area is 137 Å². The molecule has 0 atom stereocenters. The molecular formula is C18H15FN2O3. The quantitative estimate of drug-likeness (QED) is 0.682. The van der Waals surface area contributed by atoms with Crippen molar-refractivity contribution in [1.29, 1.82) is 0 Å². The van der Waals surface area contributed by atoms with E-state index in [-0.39, 0.29) is 13.0 Å². The predicted octanol–water partition coefficient (Wildman–Crippen LogP) is 2.48. The van der Waals surface area contributed by atoms with Crippen molar-refractivity contribution < 1.29 is 18.7 Å². The van der Waals surface area contributed by atoms with Crippen LogP contribution in [0.25, 0.3) is 10.9 Å². The highest BCUT2D eigenvalue weighted by atomic mass is 19.1. The summed E-state index contributed by atoms with van der Waals surface area (Å²) < 4.78 is 19.5. The molecule has 6 heteroatoms. The second kappa shape index (κ2) is 6.54. The first-order chi connectivity index (χ1) is 11.5. The molecule has 0 unspecified atom stereocenters. The summed E-state index contributed by atoms with van der Waals surface area (Å²) in [6, 6.07) is 12.0. The van der Waals surface area contributed by atoms with E-state index >= 15 is 0 Å². The van der Waals surface area contributed by atoms with E-state index in [1.807, 2.05) is 30.3 Å². The lowest BCUT2D eigenvalue weighted by Gasteiger charge is -2.09. The number of H-pyrrole nitrogens is 1. The minimum atomic E-state index is -1.00. The normalized spacial score (nSPS) is 10.7. The number of halogens is 1. The van der Waals surface area contributed by atoms with Crippen molar-refractivity contribution in [3.05, 3.63) is 65.6 Å². The van der Waals surface area contributed by atoms with Crippen molar-refractivity contribution in [2.24, 2.45) is 5.73 Å². The number of rotatable bonds is 6. The molecule has 1 amide bonds. The zero-order valence-electron chi connectivity index (χ0n) is 12.7. The lowest BCUT2D eigenvalue weighted by molar-refractivity contribution is -0.135. The molecule has 3 aromatic rings. The number of amides is 1. The van der Waals surface area contributed by atoms with Crippen LogP contribution in [0.5, 0.6) is 5.75 Å². The number of carbonyl (C=O) groups excluding carboxylic acids is 2. The minimum absolute atomic E-state index is 0.164. The number of aromatic amines is 1. The van der Waals surface area contributed by atoms with Crippen LogP contribution in [0, 0.1) is 5.82 Å². The molecule has 0 radical (unpaired) electrons. The van der Waals surface area contributed by atoms with E-state index in [1.54, 1.807) is 6.20 Å². The molecule has 0 bridgehead atoms. The van der Waals surface area contributed by atoms with Crippen LogP contribution in [0.2, 0.25) is 0 Å². The lowest BCUT2D eigenvalue weighted by Crippen LogP contribution is -2.24. The van der Waals surface area contributed by atoms with E-state index < -0.39 is 17.5 Å². The predicted molar refractivity (Wildman–Crippen MR) is 86.9 cm³/mol. The third kappa shape index (κ3) is 3.27. The van der Waals surface area contributed by atoms with E-state index in [2.05, 4.69) is 4.98 Å². The number of hydrogen-bond donors (Lipinski definition) is 2. The monoisotopic (exact) mass is 326 g/mol. The Kier molecular flexibility index (Phi) is 4.29. The van der Waals surface area contributed by atoms with Gasteiger partial charge >= 0.3 is 0 Å². The van der Waals surface area contributed by atoms with E-state index in [0.29, 0.717) is 22.2 Å².